The summed E-state index contributed by atoms with van der Waals surface area (Å²) in [5.41, 5.74) is 0.663. The van der Waals surface area contributed by atoms with E-state index in [9.17, 15) is 14.4 Å². The first-order valence-corrected chi connectivity index (χ1v) is 6.16. The summed E-state index contributed by atoms with van der Waals surface area (Å²) in [6.45, 7) is 0.190. The fourth-order valence-electron chi connectivity index (χ4n) is 1.56. The van der Waals surface area contributed by atoms with E-state index >= 15 is 0 Å². The molecule has 0 atom stereocenters. The van der Waals surface area contributed by atoms with Crippen LogP contribution in [0.4, 0.5) is 5.13 Å². The van der Waals surface area contributed by atoms with Crippen LogP contribution in [0.2, 0.25) is 0 Å². The van der Waals surface area contributed by atoms with Crippen LogP contribution in [0.3, 0.4) is 0 Å². The van der Waals surface area contributed by atoms with Crippen molar-refractivity contribution in [2.24, 2.45) is 0 Å². The molecule has 2 N–H and O–H groups in total. The highest BCUT2D eigenvalue weighted by Crippen LogP contribution is 2.21. The fraction of sp³-hybridized carbons (Fsp3) is 0.400. The second kappa shape index (κ2) is 5.13. The third kappa shape index (κ3) is 3.04. The summed E-state index contributed by atoms with van der Waals surface area (Å²) < 4.78 is 0. The lowest BCUT2D eigenvalue weighted by Gasteiger charge is -2.24. The molecule has 8 heteroatoms. The van der Waals surface area contributed by atoms with Gasteiger partial charge in [-0.15, -0.1) is 11.3 Å². The Morgan fingerprint density at radius 3 is 2.72 bits per heavy atom. The first-order valence-electron chi connectivity index (χ1n) is 5.28. The predicted octanol–water partition coefficient (Wildman–Crippen LogP) is -0.377. The molecule has 0 unspecified atom stereocenters. The molecule has 2 rings (SSSR count). The van der Waals surface area contributed by atoms with Gasteiger partial charge in [-0.2, -0.15) is 0 Å². The summed E-state index contributed by atoms with van der Waals surface area (Å²) >= 11 is 1.30. The van der Waals surface area contributed by atoms with Crippen LogP contribution in [-0.4, -0.2) is 41.0 Å². The van der Waals surface area contributed by atoms with Gasteiger partial charge in [0.05, 0.1) is 12.1 Å². The summed E-state index contributed by atoms with van der Waals surface area (Å²) in [5.74, 6) is -1.58. The third-order valence-electron chi connectivity index (χ3n) is 2.35. The van der Waals surface area contributed by atoms with E-state index in [1.54, 1.807) is 10.3 Å². The zero-order valence-corrected chi connectivity index (χ0v) is 10.2. The maximum atomic E-state index is 11.2. The topological polar surface area (TPSA) is 99.6 Å². The molecule has 1 aliphatic heterocycles. The van der Waals surface area contributed by atoms with Crippen molar-refractivity contribution in [3.63, 3.8) is 0 Å². The lowest BCUT2D eigenvalue weighted by molar-refractivity contribution is -0.137. The number of imide groups is 1. The average molecular weight is 269 g/mol. The SMILES string of the molecule is O=C(O)CCc1csc(N2CC(=O)NC(=O)C2)n1. The Kier molecular flexibility index (Phi) is 3.56. The number of aryl methyl sites for hydroxylation is 1. The Bertz CT molecular complexity index is 483. The van der Waals surface area contributed by atoms with Crippen LogP contribution in [0, 0.1) is 0 Å². The summed E-state index contributed by atoms with van der Waals surface area (Å²) in [6, 6.07) is 0. The van der Waals surface area contributed by atoms with Gasteiger partial charge in [-0.3, -0.25) is 19.7 Å². The van der Waals surface area contributed by atoms with Crippen molar-refractivity contribution in [3.8, 4) is 0 Å². The van der Waals surface area contributed by atoms with E-state index in [2.05, 4.69) is 10.3 Å². The number of carboxylic acid groups (broad SMARTS) is 1. The highest BCUT2D eigenvalue weighted by Gasteiger charge is 2.24. The van der Waals surface area contributed by atoms with E-state index in [0.717, 1.165) is 0 Å². The molecule has 18 heavy (non-hydrogen) atoms. The first kappa shape index (κ1) is 12.5. The van der Waals surface area contributed by atoms with Crippen LogP contribution in [-0.2, 0) is 20.8 Å². The molecular formula is C10H11N3O4S. The minimum atomic E-state index is -0.878. The molecule has 0 saturated carbocycles. The van der Waals surface area contributed by atoms with Gasteiger partial charge in [-0.1, -0.05) is 0 Å². The molecule has 7 nitrogen and oxygen atoms in total. The van der Waals surface area contributed by atoms with Crippen LogP contribution in [0.25, 0.3) is 0 Å². The second-order valence-electron chi connectivity index (χ2n) is 3.84. The number of aromatic nitrogens is 1. The zero-order valence-electron chi connectivity index (χ0n) is 9.38. The van der Waals surface area contributed by atoms with Crippen molar-refractivity contribution in [1.29, 1.82) is 0 Å². The third-order valence-corrected chi connectivity index (χ3v) is 3.30. The van der Waals surface area contributed by atoms with E-state index in [1.807, 2.05) is 0 Å². The number of hydrogen-bond donors (Lipinski definition) is 2. The van der Waals surface area contributed by atoms with Gasteiger partial charge in [0, 0.05) is 11.8 Å². The highest BCUT2D eigenvalue weighted by molar-refractivity contribution is 7.13. The molecule has 0 bridgehead atoms. The molecule has 1 fully saturated rings. The van der Waals surface area contributed by atoms with Crippen molar-refractivity contribution in [2.75, 3.05) is 18.0 Å². The Morgan fingerprint density at radius 2 is 2.11 bits per heavy atom. The Morgan fingerprint density at radius 1 is 1.44 bits per heavy atom. The zero-order chi connectivity index (χ0) is 13.1. The number of anilines is 1. The Labute approximate surface area is 106 Å². The lowest BCUT2D eigenvalue weighted by atomic mass is 10.2. The average Bonchev–Trinajstić information content (AvgIpc) is 2.73. The van der Waals surface area contributed by atoms with Crippen LogP contribution >= 0.6 is 11.3 Å². The van der Waals surface area contributed by atoms with Crippen LogP contribution in [0.5, 0.6) is 0 Å². The summed E-state index contributed by atoms with van der Waals surface area (Å²) in [7, 11) is 0. The number of hydrogen-bond acceptors (Lipinski definition) is 6. The predicted molar refractivity (Wildman–Crippen MR) is 63.4 cm³/mol. The molecule has 0 aromatic carbocycles. The molecule has 1 aromatic heterocycles. The number of amides is 2. The largest absolute Gasteiger partial charge is 0.481 e. The minimum Gasteiger partial charge on any atom is -0.481 e. The van der Waals surface area contributed by atoms with Crippen LogP contribution in [0.1, 0.15) is 12.1 Å². The molecule has 0 spiro atoms. The molecule has 2 amide bonds. The molecule has 2 heterocycles. The number of thiazole rings is 1. The summed E-state index contributed by atoms with van der Waals surface area (Å²) in [4.78, 5) is 38.6. The molecule has 1 aliphatic rings. The Balaban J connectivity index is 2.02. The van der Waals surface area contributed by atoms with Gasteiger partial charge in [-0.25, -0.2) is 4.98 Å². The van der Waals surface area contributed by atoms with E-state index in [1.165, 1.54) is 11.3 Å². The van der Waals surface area contributed by atoms with Crippen LogP contribution in [0.15, 0.2) is 5.38 Å². The molecule has 0 aliphatic carbocycles. The smallest absolute Gasteiger partial charge is 0.303 e. The highest BCUT2D eigenvalue weighted by atomic mass is 32.1. The number of piperazine rings is 1. The summed E-state index contributed by atoms with van der Waals surface area (Å²) in [5, 5.41) is 13.1. The van der Waals surface area contributed by atoms with E-state index in [-0.39, 0.29) is 31.3 Å². The van der Waals surface area contributed by atoms with Gasteiger partial charge in [0.2, 0.25) is 11.8 Å². The van der Waals surface area contributed by atoms with Gasteiger partial charge >= 0.3 is 5.97 Å². The van der Waals surface area contributed by atoms with Crippen molar-refractivity contribution in [2.45, 2.75) is 12.8 Å². The van der Waals surface area contributed by atoms with Crippen molar-refractivity contribution < 1.29 is 19.5 Å². The minimum absolute atomic E-state index is 0.0165. The van der Waals surface area contributed by atoms with E-state index < -0.39 is 5.97 Å². The summed E-state index contributed by atoms with van der Waals surface area (Å²) in [6.07, 6.45) is 0.363. The maximum Gasteiger partial charge on any atom is 0.303 e. The van der Waals surface area contributed by atoms with Gasteiger partial charge in [0.15, 0.2) is 5.13 Å². The van der Waals surface area contributed by atoms with Gasteiger partial charge in [0.1, 0.15) is 13.1 Å². The lowest BCUT2D eigenvalue weighted by Crippen LogP contribution is -2.51. The normalized spacial score (nSPS) is 15.7. The number of nitrogens with one attached hydrogen (secondary N) is 1. The Hall–Kier alpha value is -1.96. The second-order valence-corrected chi connectivity index (χ2v) is 4.68. The molecule has 1 saturated heterocycles. The van der Waals surface area contributed by atoms with Crippen molar-refractivity contribution in [1.82, 2.24) is 10.3 Å². The van der Waals surface area contributed by atoms with Crippen molar-refractivity contribution >= 4 is 34.3 Å². The number of nitrogens with zero attached hydrogens (tertiary/aromatic N) is 2. The van der Waals surface area contributed by atoms with E-state index in [0.29, 0.717) is 17.2 Å². The monoisotopic (exact) mass is 269 g/mol. The maximum absolute atomic E-state index is 11.2. The number of rotatable bonds is 4. The molecular weight excluding hydrogens is 258 g/mol. The van der Waals surface area contributed by atoms with Gasteiger partial charge < -0.3 is 10.0 Å². The number of aliphatic carboxylic acids is 1. The molecule has 1 aromatic rings. The number of carbonyl (C=O) groups is 3. The standard InChI is InChI=1S/C10H11N3O4S/c14-7-3-13(4-8(15)12-7)10-11-6(5-18-10)1-2-9(16)17/h5H,1-4H2,(H,16,17)(H,12,14,15). The van der Waals surface area contributed by atoms with Gasteiger partial charge in [-0.05, 0) is 0 Å². The van der Waals surface area contributed by atoms with E-state index in [4.69, 9.17) is 5.11 Å². The number of carbonyl (C=O) groups excluding carboxylic acids is 2. The number of carboxylic acids is 1. The first-order chi connectivity index (χ1) is 8.54. The van der Waals surface area contributed by atoms with Crippen molar-refractivity contribution in [3.05, 3.63) is 11.1 Å². The van der Waals surface area contributed by atoms with Crippen LogP contribution < -0.4 is 10.2 Å². The quantitative estimate of drug-likeness (QED) is 0.723. The molecule has 96 valence electrons. The fourth-order valence-corrected chi connectivity index (χ4v) is 2.42. The van der Waals surface area contributed by atoms with Gasteiger partial charge in [0.25, 0.3) is 0 Å². The molecule has 0 radical (unpaired) electrons.